The minimum Gasteiger partial charge on any atom is -0.383 e. The van der Waals surface area contributed by atoms with Crippen LogP contribution in [-0.4, -0.2) is 59.4 Å². The Hall–Kier alpha value is -2.12. The van der Waals surface area contributed by atoms with Gasteiger partial charge in [0.25, 0.3) is 0 Å². The monoisotopic (exact) mass is 360 g/mol. The molecule has 2 heterocycles. The molecule has 1 aromatic heterocycles. The Labute approximate surface area is 153 Å². The van der Waals surface area contributed by atoms with Gasteiger partial charge in [-0.3, -0.25) is 14.8 Å². The number of carbonyl (C=O) groups is 1. The Bertz CT molecular complexity index is 774. The molecule has 1 amide bonds. The van der Waals surface area contributed by atoms with Gasteiger partial charge in [0.2, 0.25) is 5.91 Å². The minimum atomic E-state index is 0.0706. The van der Waals surface area contributed by atoms with E-state index >= 15 is 0 Å². The summed E-state index contributed by atoms with van der Waals surface area (Å²) < 4.78 is 5.03. The first-order valence-corrected chi connectivity index (χ1v) is 8.93. The summed E-state index contributed by atoms with van der Waals surface area (Å²) in [4.78, 5) is 16.3. The van der Waals surface area contributed by atoms with Crippen molar-refractivity contribution >= 4 is 34.1 Å². The molecular weight excluding hydrogens is 336 g/mol. The number of thiocarbonyl (C=S) groups is 1. The molecule has 1 saturated heterocycles. The van der Waals surface area contributed by atoms with E-state index in [0.29, 0.717) is 31.2 Å². The van der Waals surface area contributed by atoms with Crippen LogP contribution in [0, 0.1) is 6.92 Å². The number of hydrazine groups is 1. The third kappa shape index (κ3) is 3.77. The van der Waals surface area contributed by atoms with Crippen LogP contribution in [0.25, 0.3) is 10.9 Å². The quantitative estimate of drug-likeness (QED) is 0.631. The van der Waals surface area contributed by atoms with Gasteiger partial charge in [0.15, 0.2) is 5.11 Å². The van der Waals surface area contributed by atoms with Gasteiger partial charge in [0.05, 0.1) is 13.0 Å². The van der Waals surface area contributed by atoms with E-state index < -0.39 is 0 Å². The van der Waals surface area contributed by atoms with Gasteiger partial charge in [-0.15, -0.1) is 0 Å². The lowest BCUT2D eigenvalue weighted by atomic mass is 10.1. The zero-order chi connectivity index (χ0) is 17.8. The number of carbonyl (C=O) groups excluding carboxylic acids is 1. The molecule has 0 unspecified atom stereocenters. The molecule has 0 bridgehead atoms. The number of H-pyrrole nitrogens is 1. The van der Waals surface area contributed by atoms with E-state index in [0.717, 1.165) is 35.1 Å². The van der Waals surface area contributed by atoms with Gasteiger partial charge < -0.3 is 15.0 Å². The van der Waals surface area contributed by atoms with E-state index in [1.54, 1.807) is 12.1 Å². The molecule has 0 radical (unpaired) electrons. The molecule has 7 heteroatoms. The van der Waals surface area contributed by atoms with E-state index in [1.807, 2.05) is 30.1 Å². The molecule has 0 aliphatic carbocycles. The maximum absolute atomic E-state index is 12.9. The number of methoxy groups -OCH3 is 1. The van der Waals surface area contributed by atoms with Gasteiger partial charge in [0.1, 0.15) is 0 Å². The lowest BCUT2D eigenvalue weighted by molar-refractivity contribution is -0.138. The normalized spacial score (nSPS) is 14.3. The van der Waals surface area contributed by atoms with Gasteiger partial charge in [0, 0.05) is 43.3 Å². The Morgan fingerprint density at radius 3 is 2.88 bits per heavy atom. The number of aryl methyl sites for hydroxylation is 1. The zero-order valence-corrected chi connectivity index (χ0v) is 15.5. The van der Waals surface area contributed by atoms with E-state index in [4.69, 9.17) is 17.0 Å². The number of nitrogens with one attached hydrogen (secondary N) is 2. The number of nitrogens with zero attached hydrogens (tertiary/aromatic N) is 2. The fourth-order valence-electron chi connectivity index (χ4n) is 3.24. The van der Waals surface area contributed by atoms with Crippen LogP contribution in [0.3, 0.4) is 0 Å². The fraction of sp³-hybridized carbons (Fsp3) is 0.444. The Balaban J connectivity index is 1.71. The van der Waals surface area contributed by atoms with Gasteiger partial charge in [-0.25, -0.2) is 0 Å². The van der Waals surface area contributed by atoms with E-state index in [9.17, 15) is 4.79 Å². The number of aromatic nitrogens is 1. The molecule has 2 aromatic rings. The van der Waals surface area contributed by atoms with Crippen molar-refractivity contribution < 1.29 is 9.53 Å². The predicted octanol–water partition coefficient (Wildman–Crippen LogP) is 1.99. The number of para-hydroxylation sites is 1. The first kappa shape index (κ1) is 17.7. The van der Waals surface area contributed by atoms with Crippen molar-refractivity contribution in [1.82, 2.24) is 20.3 Å². The maximum atomic E-state index is 12.9. The third-order valence-electron chi connectivity index (χ3n) is 4.49. The second kappa shape index (κ2) is 7.84. The molecule has 3 rings (SSSR count). The number of amides is 1. The molecule has 1 aliphatic heterocycles. The summed E-state index contributed by atoms with van der Waals surface area (Å²) in [6, 6.07) is 8.09. The minimum absolute atomic E-state index is 0.0706. The summed E-state index contributed by atoms with van der Waals surface area (Å²) in [6.07, 6.45) is 1.29. The molecule has 0 spiro atoms. The molecule has 1 fully saturated rings. The molecule has 0 atom stereocenters. The average molecular weight is 360 g/mol. The lowest BCUT2D eigenvalue weighted by Gasteiger charge is -2.30. The molecule has 25 heavy (non-hydrogen) atoms. The number of ether oxygens (including phenoxy) is 1. The first-order valence-electron chi connectivity index (χ1n) is 8.52. The highest BCUT2D eigenvalue weighted by molar-refractivity contribution is 7.80. The summed E-state index contributed by atoms with van der Waals surface area (Å²) in [6.45, 7) is 4.69. The second-order valence-electron chi connectivity index (χ2n) is 6.17. The number of fused-ring (bicyclic) bond motifs is 1. The largest absolute Gasteiger partial charge is 0.383 e. The Morgan fingerprint density at radius 2 is 2.08 bits per heavy atom. The molecule has 134 valence electrons. The van der Waals surface area contributed by atoms with Gasteiger partial charge in [-0.1, -0.05) is 18.2 Å². The van der Waals surface area contributed by atoms with E-state index in [2.05, 4.69) is 16.4 Å². The Kier molecular flexibility index (Phi) is 5.55. The highest BCUT2D eigenvalue weighted by atomic mass is 32.1. The standard InChI is InChI=1S/C18H24N4O2S/c1-13-15(14-6-3-4-7-16(14)20-13)12-17(23)21-9-5-10-22(21)18(25)19-8-11-24-2/h3-4,6-7,20H,5,8-12H2,1-2H3,(H,19,25). The van der Waals surface area contributed by atoms with Crippen LogP contribution < -0.4 is 5.32 Å². The molecule has 1 aromatic carbocycles. The lowest BCUT2D eigenvalue weighted by Crippen LogP contribution is -2.50. The van der Waals surface area contributed by atoms with Crippen molar-refractivity contribution in [3.05, 3.63) is 35.5 Å². The van der Waals surface area contributed by atoms with Crippen LogP contribution in [0.15, 0.2) is 24.3 Å². The van der Waals surface area contributed by atoms with Gasteiger partial charge >= 0.3 is 0 Å². The summed E-state index contributed by atoms with van der Waals surface area (Å²) in [7, 11) is 1.65. The van der Waals surface area contributed by atoms with Crippen LogP contribution in [0.4, 0.5) is 0 Å². The van der Waals surface area contributed by atoms with Crippen molar-refractivity contribution in [2.45, 2.75) is 19.8 Å². The predicted molar refractivity (Wildman–Crippen MR) is 102 cm³/mol. The molecule has 2 N–H and O–H groups in total. The summed E-state index contributed by atoms with van der Waals surface area (Å²) in [5.41, 5.74) is 3.17. The summed E-state index contributed by atoms with van der Waals surface area (Å²) in [5.74, 6) is 0.0706. The Morgan fingerprint density at radius 1 is 1.32 bits per heavy atom. The van der Waals surface area contributed by atoms with Crippen LogP contribution in [0.2, 0.25) is 0 Å². The van der Waals surface area contributed by atoms with Crippen molar-refractivity contribution in [3.8, 4) is 0 Å². The maximum Gasteiger partial charge on any atom is 0.245 e. The average Bonchev–Trinajstić information content (AvgIpc) is 3.20. The number of aromatic amines is 1. The van der Waals surface area contributed by atoms with Crippen molar-refractivity contribution in [2.75, 3.05) is 33.4 Å². The van der Waals surface area contributed by atoms with Crippen LogP contribution >= 0.6 is 12.2 Å². The number of hydrogen-bond donors (Lipinski definition) is 2. The third-order valence-corrected chi connectivity index (χ3v) is 4.85. The van der Waals surface area contributed by atoms with E-state index in [1.165, 1.54) is 0 Å². The number of rotatable bonds is 5. The topological polar surface area (TPSA) is 60.6 Å². The van der Waals surface area contributed by atoms with Gasteiger partial charge in [-0.2, -0.15) is 0 Å². The molecule has 1 aliphatic rings. The zero-order valence-electron chi connectivity index (χ0n) is 14.7. The van der Waals surface area contributed by atoms with Crippen molar-refractivity contribution in [3.63, 3.8) is 0 Å². The van der Waals surface area contributed by atoms with Crippen LogP contribution in [0.1, 0.15) is 17.7 Å². The van der Waals surface area contributed by atoms with Crippen LogP contribution in [0.5, 0.6) is 0 Å². The molecular formula is C18H24N4O2S. The highest BCUT2D eigenvalue weighted by Crippen LogP contribution is 2.23. The highest BCUT2D eigenvalue weighted by Gasteiger charge is 2.29. The van der Waals surface area contributed by atoms with Gasteiger partial charge in [-0.05, 0) is 37.2 Å². The summed E-state index contributed by atoms with van der Waals surface area (Å²) >= 11 is 5.43. The number of hydrogen-bond acceptors (Lipinski definition) is 3. The van der Waals surface area contributed by atoms with E-state index in [-0.39, 0.29) is 5.91 Å². The van der Waals surface area contributed by atoms with Crippen molar-refractivity contribution in [2.24, 2.45) is 0 Å². The fourth-order valence-corrected chi connectivity index (χ4v) is 3.53. The first-order chi connectivity index (χ1) is 12.1. The molecule has 0 saturated carbocycles. The smallest absolute Gasteiger partial charge is 0.245 e. The SMILES string of the molecule is COCCNC(=S)N1CCCN1C(=O)Cc1c(C)[nH]c2ccccc12. The van der Waals surface area contributed by atoms with Crippen molar-refractivity contribution in [1.29, 1.82) is 0 Å². The summed E-state index contributed by atoms with van der Waals surface area (Å²) in [5, 5.41) is 8.48. The second-order valence-corrected chi connectivity index (χ2v) is 6.56. The van der Waals surface area contributed by atoms with Crippen LogP contribution in [-0.2, 0) is 16.0 Å². The number of benzene rings is 1. The molecule has 6 nitrogen and oxygen atoms in total.